The van der Waals surface area contributed by atoms with Crippen molar-refractivity contribution in [3.8, 4) is 39.5 Å². The number of methoxy groups -OCH3 is 1. The Bertz CT molecular complexity index is 1530. The second-order valence-corrected chi connectivity index (χ2v) is 8.03. The van der Waals surface area contributed by atoms with Crippen molar-refractivity contribution in [3.05, 3.63) is 107 Å². The number of non-ortho nitro benzene ring substituents is 1. The van der Waals surface area contributed by atoms with E-state index in [1.54, 1.807) is 19.2 Å². The first-order chi connectivity index (χ1) is 16.5. The lowest BCUT2D eigenvalue weighted by molar-refractivity contribution is -0.384. The summed E-state index contributed by atoms with van der Waals surface area (Å²) in [7, 11) is 1.63. The normalized spacial score (nSPS) is 10.9. The van der Waals surface area contributed by atoms with Crippen LogP contribution >= 0.6 is 0 Å². The fourth-order valence-electron chi connectivity index (χ4n) is 3.97. The Kier molecular flexibility index (Phi) is 5.47. The first-order valence-corrected chi connectivity index (χ1v) is 10.8. The van der Waals surface area contributed by atoms with Crippen LogP contribution in [0.15, 0.2) is 91.1 Å². The fraction of sp³-hybridized carbons (Fsp3) is 0.0714. The predicted octanol–water partition coefficient (Wildman–Crippen LogP) is 6.86. The Morgan fingerprint density at radius 3 is 2.26 bits per heavy atom. The summed E-state index contributed by atoms with van der Waals surface area (Å²) in [4.78, 5) is 20.6. The van der Waals surface area contributed by atoms with E-state index in [9.17, 15) is 10.1 Å². The molecule has 0 unspecified atom stereocenters. The second kappa shape index (κ2) is 8.75. The Hall–Kier alpha value is -4.58. The molecule has 0 atom stereocenters. The molecule has 0 aliphatic carbocycles. The van der Waals surface area contributed by atoms with Crippen LogP contribution in [-0.2, 0) is 0 Å². The summed E-state index contributed by atoms with van der Waals surface area (Å²) >= 11 is 0. The minimum absolute atomic E-state index is 0.0302. The van der Waals surface area contributed by atoms with E-state index in [0.29, 0.717) is 17.0 Å². The van der Waals surface area contributed by atoms with Crippen LogP contribution < -0.4 is 4.74 Å². The molecule has 0 aliphatic rings. The van der Waals surface area contributed by atoms with Crippen molar-refractivity contribution in [2.24, 2.45) is 0 Å². The first kappa shape index (κ1) is 21.3. The number of aromatic nitrogens is 2. The third-order valence-electron chi connectivity index (χ3n) is 5.85. The van der Waals surface area contributed by atoms with E-state index in [1.807, 2.05) is 79.9 Å². The number of rotatable bonds is 5. The van der Waals surface area contributed by atoms with E-state index < -0.39 is 0 Å². The number of benzene rings is 3. The van der Waals surface area contributed by atoms with Gasteiger partial charge < -0.3 is 4.74 Å². The molecule has 166 valence electrons. The molecule has 6 nitrogen and oxygen atoms in total. The van der Waals surface area contributed by atoms with Gasteiger partial charge in [0, 0.05) is 29.3 Å². The first-order valence-electron chi connectivity index (χ1n) is 10.8. The summed E-state index contributed by atoms with van der Waals surface area (Å²) in [5.41, 5.74) is 5.65. The van der Waals surface area contributed by atoms with Crippen molar-refractivity contribution in [1.82, 2.24) is 9.97 Å². The van der Waals surface area contributed by atoms with Gasteiger partial charge in [-0.2, -0.15) is 0 Å². The average molecular weight is 447 g/mol. The second-order valence-electron chi connectivity index (χ2n) is 8.03. The van der Waals surface area contributed by atoms with E-state index in [-0.39, 0.29) is 10.6 Å². The molecule has 3 aromatic carbocycles. The summed E-state index contributed by atoms with van der Waals surface area (Å²) in [5, 5.41) is 13.5. The van der Waals surface area contributed by atoms with Crippen molar-refractivity contribution in [2.75, 3.05) is 7.11 Å². The molecule has 34 heavy (non-hydrogen) atoms. The molecule has 0 bridgehead atoms. The van der Waals surface area contributed by atoms with Crippen molar-refractivity contribution >= 4 is 16.5 Å². The number of nitrogens with zero attached hydrogens (tertiary/aromatic N) is 3. The topological polar surface area (TPSA) is 78.2 Å². The summed E-state index contributed by atoms with van der Waals surface area (Å²) in [6.45, 7) is 1.93. The number of pyridine rings is 2. The third-order valence-corrected chi connectivity index (χ3v) is 5.85. The zero-order valence-corrected chi connectivity index (χ0v) is 18.7. The molecule has 0 aliphatic heterocycles. The van der Waals surface area contributed by atoms with Gasteiger partial charge in [-0.3, -0.25) is 15.1 Å². The highest BCUT2D eigenvalue weighted by atomic mass is 16.6. The molecule has 2 heterocycles. The van der Waals surface area contributed by atoms with Crippen molar-refractivity contribution < 1.29 is 9.66 Å². The molecule has 0 fully saturated rings. The van der Waals surface area contributed by atoms with Crippen molar-refractivity contribution in [3.63, 3.8) is 0 Å². The van der Waals surface area contributed by atoms with Gasteiger partial charge in [0.2, 0.25) is 0 Å². The minimum Gasteiger partial charge on any atom is -0.497 e. The maximum Gasteiger partial charge on any atom is 0.270 e. The standard InChI is InChI=1S/C28H21N3O3/c1-18-7-10-23(31(32)33)16-25(18)26-14-22(19-8-11-24(34-2)12-9-19)15-28(30-26)27-13-20-5-3-4-6-21(20)17-29-27/h3-17H,1-2H3. The lowest BCUT2D eigenvalue weighted by atomic mass is 9.98. The molecule has 5 rings (SSSR count). The SMILES string of the molecule is COc1ccc(-c2cc(-c3cc4ccccc4cn3)nc(-c3cc([N+](=O)[O-])ccc3C)c2)cc1. The fourth-order valence-corrected chi connectivity index (χ4v) is 3.97. The highest BCUT2D eigenvalue weighted by molar-refractivity contribution is 5.86. The molecule has 0 saturated carbocycles. The molecule has 0 saturated heterocycles. The number of nitro groups is 1. The number of ether oxygens (including phenoxy) is 1. The van der Waals surface area contributed by atoms with Gasteiger partial charge in [0.1, 0.15) is 5.75 Å². The maximum absolute atomic E-state index is 11.4. The number of nitro benzene ring substituents is 1. The average Bonchev–Trinajstić information content (AvgIpc) is 2.88. The van der Waals surface area contributed by atoms with Gasteiger partial charge in [0.15, 0.2) is 0 Å². The largest absolute Gasteiger partial charge is 0.497 e. The van der Waals surface area contributed by atoms with Crippen molar-refractivity contribution in [1.29, 1.82) is 0 Å². The zero-order valence-electron chi connectivity index (χ0n) is 18.7. The quantitative estimate of drug-likeness (QED) is 0.217. The van der Waals surface area contributed by atoms with Crippen LogP contribution in [0.1, 0.15) is 5.56 Å². The highest BCUT2D eigenvalue weighted by Crippen LogP contribution is 2.33. The van der Waals surface area contributed by atoms with Crippen LogP contribution in [0, 0.1) is 17.0 Å². The summed E-state index contributed by atoms with van der Waals surface area (Å²) in [6.07, 6.45) is 1.84. The van der Waals surface area contributed by atoms with Gasteiger partial charge in [-0.15, -0.1) is 0 Å². The van der Waals surface area contributed by atoms with E-state index in [1.165, 1.54) is 6.07 Å². The van der Waals surface area contributed by atoms with Crippen LogP contribution in [0.5, 0.6) is 5.75 Å². The molecule has 6 heteroatoms. The lowest BCUT2D eigenvalue weighted by Crippen LogP contribution is -1.96. The molecule has 2 aromatic heterocycles. The van der Waals surface area contributed by atoms with Crippen molar-refractivity contribution in [2.45, 2.75) is 6.92 Å². The predicted molar refractivity (Wildman–Crippen MR) is 134 cm³/mol. The van der Waals surface area contributed by atoms with Gasteiger partial charge >= 0.3 is 0 Å². The van der Waals surface area contributed by atoms with Crippen LogP contribution in [0.3, 0.4) is 0 Å². The molecule has 0 N–H and O–H groups in total. The van der Waals surface area contributed by atoms with Gasteiger partial charge in [-0.05, 0) is 59.3 Å². The van der Waals surface area contributed by atoms with Crippen LogP contribution in [0.25, 0.3) is 44.5 Å². The Balaban J connectivity index is 1.72. The molecule has 0 amide bonds. The van der Waals surface area contributed by atoms with Gasteiger partial charge in [-0.25, -0.2) is 4.98 Å². The zero-order chi connectivity index (χ0) is 23.7. The Morgan fingerprint density at radius 1 is 0.794 bits per heavy atom. The van der Waals surface area contributed by atoms with Crippen LogP contribution in [-0.4, -0.2) is 22.0 Å². The number of hydrogen-bond acceptors (Lipinski definition) is 5. The highest BCUT2D eigenvalue weighted by Gasteiger charge is 2.15. The molecule has 0 radical (unpaired) electrons. The maximum atomic E-state index is 11.4. The number of fused-ring (bicyclic) bond motifs is 1. The van der Waals surface area contributed by atoms with E-state index in [2.05, 4.69) is 4.98 Å². The summed E-state index contributed by atoms with van der Waals surface area (Å²) in [5.74, 6) is 0.768. The molecule has 5 aromatic rings. The van der Waals surface area contributed by atoms with E-state index >= 15 is 0 Å². The lowest BCUT2D eigenvalue weighted by Gasteiger charge is -2.12. The van der Waals surface area contributed by atoms with Gasteiger partial charge in [0.05, 0.1) is 29.1 Å². The van der Waals surface area contributed by atoms with Gasteiger partial charge in [-0.1, -0.05) is 42.5 Å². The Labute approximate surface area is 196 Å². The smallest absolute Gasteiger partial charge is 0.270 e. The van der Waals surface area contributed by atoms with E-state index in [4.69, 9.17) is 9.72 Å². The third kappa shape index (κ3) is 4.09. The summed E-state index contributed by atoms with van der Waals surface area (Å²) in [6, 6.07) is 26.6. The van der Waals surface area contributed by atoms with E-state index in [0.717, 1.165) is 38.9 Å². The molecular weight excluding hydrogens is 426 g/mol. The van der Waals surface area contributed by atoms with Crippen LogP contribution in [0.2, 0.25) is 0 Å². The van der Waals surface area contributed by atoms with Gasteiger partial charge in [0.25, 0.3) is 5.69 Å². The monoisotopic (exact) mass is 447 g/mol. The molecular formula is C28H21N3O3. The summed E-state index contributed by atoms with van der Waals surface area (Å²) < 4.78 is 5.30. The minimum atomic E-state index is -0.387. The van der Waals surface area contributed by atoms with Crippen LogP contribution in [0.4, 0.5) is 5.69 Å². The number of hydrogen-bond donors (Lipinski definition) is 0. The number of aryl methyl sites for hydroxylation is 1. The molecule has 0 spiro atoms. The Morgan fingerprint density at radius 2 is 1.53 bits per heavy atom.